The Hall–Kier alpha value is -0.870. The second-order valence-electron chi connectivity index (χ2n) is 5.56. The number of rotatable bonds is 3. The molecule has 2 aliphatic carbocycles. The third-order valence-electron chi connectivity index (χ3n) is 4.42. The Kier molecular flexibility index (Phi) is 3.39. The number of aromatic nitrogens is 2. The minimum Gasteiger partial charge on any atom is -0.391 e. The van der Waals surface area contributed by atoms with Crippen LogP contribution in [-0.4, -0.2) is 27.5 Å². The third-order valence-corrected chi connectivity index (χ3v) is 4.42. The van der Waals surface area contributed by atoms with Gasteiger partial charge in [-0.1, -0.05) is 6.92 Å². The van der Waals surface area contributed by atoms with Gasteiger partial charge >= 0.3 is 0 Å². The Balaban J connectivity index is 1.89. The second-order valence-corrected chi connectivity index (χ2v) is 5.56. The van der Waals surface area contributed by atoms with Crippen LogP contribution in [-0.2, 0) is 6.42 Å². The zero-order valence-electron chi connectivity index (χ0n) is 11.1. The predicted molar refractivity (Wildman–Crippen MR) is 70.5 cm³/mol. The van der Waals surface area contributed by atoms with Crippen LogP contribution in [0.1, 0.15) is 62.4 Å². The number of nitrogens with one attached hydrogen (secondary N) is 1. The fourth-order valence-electron chi connectivity index (χ4n) is 3.53. The molecule has 1 fully saturated rings. The molecule has 0 bridgehead atoms. The SMILES string of the molecule is CCNC1CCCc2c1cnn2C1CCCC1O. The fraction of sp³-hybridized carbons (Fsp3) is 0.786. The van der Waals surface area contributed by atoms with E-state index in [0.29, 0.717) is 6.04 Å². The molecular formula is C14H23N3O. The van der Waals surface area contributed by atoms with Crippen LogP contribution in [0.3, 0.4) is 0 Å². The number of hydrogen-bond acceptors (Lipinski definition) is 3. The van der Waals surface area contributed by atoms with Gasteiger partial charge in [0.15, 0.2) is 0 Å². The van der Waals surface area contributed by atoms with E-state index in [0.717, 1.165) is 32.2 Å². The van der Waals surface area contributed by atoms with Crippen LogP contribution in [0.2, 0.25) is 0 Å². The fourth-order valence-corrected chi connectivity index (χ4v) is 3.53. The van der Waals surface area contributed by atoms with Gasteiger partial charge in [0.25, 0.3) is 0 Å². The number of nitrogens with zero attached hydrogens (tertiary/aromatic N) is 2. The smallest absolute Gasteiger partial charge is 0.0781 e. The molecule has 4 heteroatoms. The summed E-state index contributed by atoms with van der Waals surface area (Å²) in [5.41, 5.74) is 2.72. The van der Waals surface area contributed by atoms with E-state index in [9.17, 15) is 5.11 Å². The number of aliphatic hydroxyl groups is 1. The topological polar surface area (TPSA) is 50.1 Å². The molecule has 0 spiro atoms. The Morgan fingerprint density at radius 2 is 2.28 bits per heavy atom. The van der Waals surface area contributed by atoms with Crippen molar-refractivity contribution in [3.8, 4) is 0 Å². The van der Waals surface area contributed by atoms with Gasteiger partial charge in [0.2, 0.25) is 0 Å². The van der Waals surface area contributed by atoms with Crippen molar-refractivity contribution in [2.45, 2.75) is 63.6 Å². The van der Waals surface area contributed by atoms with Gasteiger partial charge in [-0.15, -0.1) is 0 Å². The Morgan fingerprint density at radius 3 is 3.00 bits per heavy atom. The lowest BCUT2D eigenvalue weighted by atomic mass is 9.92. The van der Waals surface area contributed by atoms with E-state index in [1.807, 2.05) is 6.20 Å². The van der Waals surface area contributed by atoms with Crippen molar-refractivity contribution in [2.24, 2.45) is 0 Å². The van der Waals surface area contributed by atoms with Gasteiger partial charge < -0.3 is 10.4 Å². The van der Waals surface area contributed by atoms with Crippen LogP contribution in [0, 0.1) is 0 Å². The average Bonchev–Trinajstić information content (AvgIpc) is 2.96. The summed E-state index contributed by atoms with van der Waals surface area (Å²) in [4.78, 5) is 0. The molecule has 0 amide bonds. The molecule has 0 saturated heterocycles. The molecule has 1 aromatic rings. The molecule has 4 nitrogen and oxygen atoms in total. The molecule has 1 heterocycles. The quantitative estimate of drug-likeness (QED) is 0.861. The van der Waals surface area contributed by atoms with Crippen LogP contribution in [0.25, 0.3) is 0 Å². The van der Waals surface area contributed by atoms with E-state index in [4.69, 9.17) is 0 Å². The van der Waals surface area contributed by atoms with E-state index in [1.54, 1.807) is 0 Å². The third kappa shape index (κ3) is 1.97. The first-order chi connectivity index (χ1) is 8.81. The summed E-state index contributed by atoms with van der Waals surface area (Å²) < 4.78 is 2.12. The van der Waals surface area contributed by atoms with Crippen LogP contribution in [0.4, 0.5) is 0 Å². The number of hydrogen-bond donors (Lipinski definition) is 2. The summed E-state index contributed by atoms with van der Waals surface area (Å²) >= 11 is 0. The number of fused-ring (bicyclic) bond motifs is 1. The highest BCUT2D eigenvalue weighted by Crippen LogP contribution is 2.35. The van der Waals surface area contributed by atoms with Crippen molar-refractivity contribution in [2.75, 3.05) is 6.54 Å². The summed E-state index contributed by atoms with van der Waals surface area (Å²) in [5, 5.41) is 18.2. The Morgan fingerprint density at radius 1 is 1.39 bits per heavy atom. The Labute approximate surface area is 108 Å². The summed E-state index contributed by atoms with van der Waals surface area (Å²) in [6.45, 7) is 3.15. The zero-order chi connectivity index (χ0) is 12.5. The minimum atomic E-state index is -0.200. The van der Waals surface area contributed by atoms with Crippen molar-refractivity contribution in [3.63, 3.8) is 0 Å². The minimum absolute atomic E-state index is 0.200. The van der Waals surface area contributed by atoms with E-state index >= 15 is 0 Å². The molecule has 3 atom stereocenters. The van der Waals surface area contributed by atoms with E-state index in [1.165, 1.54) is 24.1 Å². The van der Waals surface area contributed by atoms with E-state index in [2.05, 4.69) is 22.0 Å². The zero-order valence-corrected chi connectivity index (χ0v) is 11.1. The van der Waals surface area contributed by atoms with Gasteiger partial charge in [-0.3, -0.25) is 4.68 Å². The molecule has 18 heavy (non-hydrogen) atoms. The van der Waals surface area contributed by atoms with Crippen molar-refractivity contribution < 1.29 is 5.11 Å². The van der Waals surface area contributed by atoms with Gasteiger partial charge in [-0.2, -0.15) is 5.10 Å². The van der Waals surface area contributed by atoms with Crippen LogP contribution in [0.15, 0.2) is 6.20 Å². The first kappa shape index (κ1) is 12.2. The van der Waals surface area contributed by atoms with Crippen molar-refractivity contribution in [3.05, 3.63) is 17.5 Å². The van der Waals surface area contributed by atoms with Crippen molar-refractivity contribution in [1.82, 2.24) is 15.1 Å². The molecule has 2 aliphatic rings. The molecular weight excluding hydrogens is 226 g/mol. The first-order valence-corrected chi connectivity index (χ1v) is 7.29. The Bertz CT molecular complexity index is 415. The molecule has 2 N–H and O–H groups in total. The van der Waals surface area contributed by atoms with Crippen molar-refractivity contribution >= 4 is 0 Å². The van der Waals surface area contributed by atoms with E-state index < -0.39 is 0 Å². The maximum Gasteiger partial charge on any atom is 0.0781 e. The second kappa shape index (κ2) is 5.02. The largest absolute Gasteiger partial charge is 0.391 e. The molecule has 1 aromatic heterocycles. The van der Waals surface area contributed by atoms with Crippen LogP contribution >= 0.6 is 0 Å². The monoisotopic (exact) mass is 249 g/mol. The van der Waals surface area contributed by atoms with Gasteiger partial charge in [0, 0.05) is 17.3 Å². The molecule has 3 rings (SSSR count). The van der Waals surface area contributed by atoms with Crippen LogP contribution in [0.5, 0.6) is 0 Å². The van der Waals surface area contributed by atoms with E-state index in [-0.39, 0.29) is 12.1 Å². The molecule has 0 aliphatic heterocycles. The molecule has 3 unspecified atom stereocenters. The summed E-state index contributed by atoms with van der Waals surface area (Å²) in [6.07, 6.45) is 8.48. The highest BCUT2D eigenvalue weighted by molar-refractivity contribution is 5.25. The lowest BCUT2D eigenvalue weighted by Gasteiger charge is -2.26. The maximum absolute atomic E-state index is 10.1. The standard InChI is InChI=1S/C14H23N3O/c1-2-15-11-5-3-6-12-10(11)9-16-17(12)13-7-4-8-14(13)18/h9,11,13-15,18H,2-8H2,1H3. The lowest BCUT2D eigenvalue weighted by molar-refractivity contribution is 0.128. The van der Waals surface area contributed by atoms with Gasteiger partial charge in [0.05, 0.1) is 18.3 Å². The predicted octanol–water partition coefficient (Wildman–Crippen LogP) is 1.96. The molecule has 0 radical (unpaired) electrons. The highest BCUT2D eigenvalue weighted by atomic mass is 16.3. The molecule has 0 aromatic carbocycles. The summed E-state index contributed by atoms with van der Waals surface area (Å²) in [7, 11) is 0. The molecule has 1 saturated carbocycles. The summed E-state index contributed by atoms with van der Waals surface area (Å²) in [6, 6.07) is 0.681. The number of aliphatic hydroxyl groups excluding tert-OH is 1. The van der Waals surface area contributed by atoms with Crippen LogP contribution < -0.4 is 5.32 Å². The molecule has 100 valence electrons. The van der Waals surface area contributed by atoms with Crippen molar-refractivity contribution in [1.29, 1.82) is 0 Å². The van der Waals surface area contributed by atoms with Gasteiger partial charge in [0.1, 0.15) is 0 Å². The normalized spacial score (nSPS) is 31.6. The highest BCUT2D eigenvalue weighted by Gasteiger charge is 2.32. The van der Waals surface area contributed by atoms with Gasteiger partial charge in [-0.25, -0.2) is 0 Å². The van der Waals surface area contributed by atoms with Gasteiger partial charge in [-0.05, 0) is 45.1 Å². The maximum atomic E-state index is 10.1. The first-order valence-electron chi connectivity index (χ1n) is 7.29. The lowest BCUT2D eigenvalue weighted by Crippen LogP contribution is -2.27. The summed E-state index contributed by atoms with van der Waals surface area (Å²) in [5.74, 6) is 0. The average molecular weight is 249 g/mol.